The average molecular weight is 300 g/mol. The van der Waals surface area contributed by atoms with Crippen molar-refractivity contribution in [2.45, 2.75) is 6.04 Å². The van der Waals surface area contributed by atoms with Crippen LogP contribution in [-0.2, 0) is 4.74 Å². The monoisotopic (exact) mass is 300 g/mol. The zero-order valence-corrected chi connectivity index (χ0v) is 12.4. The van der Waals surface area contributed by atoms with E-state index < -0.39 is 0 Å². The Kier molecular flexibility index (Phi) is 4.88. The van der Waals surface area contributed by atoms with Crippen molar-refractivity contribution < 1.29 is 13.9 Å². The first-order chi connectivity index (χ1) is 10.8. The van der Waals surface area contributed by atoms with E-state index in [1.807, 2.05) is 18.2 Å². The Hall–Kier alpha value is -2.11. The van der Waals surface area contributed by atoms with Crippen molar-refractivity contribution in [2.24, 2.45) is 0 Å². The molecule has 1 aliphatic rings. The molecule has 0 saturated carbocycles. The number of nitrogens with zero attached hydrogens (tertiary/aromatic N) is 1. The van der Waals surface area contributed by atoms with Crippen LogP contribution < -0.4 is 5.32 Å². The van der Waals surface area contributed by atoms with Gasteiger partial charge in [-0.1, -0.05) is 30.3 Å². The molecule has 0 spiro atoms. The van der Waals surface area contributed by atoms with E-state index in [4.69, 9.17) is 9.15 Å². The van der Waals surface area contributed by atoms with Gasteiger partial charge in [-0.15, -0.1) is 0 Å². The summed E-state index contributed by atoms with van der Waals surface area (Å²) >= 11 is 0. The number of hydrogen-bond acceptors (Lipinski definition) is 4. The number of amides is 1. The third-order valence-corrected chi connectivity index (χ3v) is 3.91. The molecule has 1 aromatic carbocycles. The molecule has 1 amide bonds. The van der Waals surface area contributed by atoms with E-state index in [0.717, 1.165) is 26.3 Å². The van der Waals surface area contributed by atoms with Gasteiger partial charge in [0.15, 0.2) is 0 Å². The average Bonchev–Trinajstić information content (AvgIpc) is 3.11. The van der Waals surface area contributed by atoms with Gasteiger partial charge in [0.05, 0.1) is 31.1 Å². The summed E-state index contributed by atoms with van der Waals surface area (Å²) in [7, 11) is 0. The molecule has 2 heterocycles. The van der Waals surface area contributed by atoms with Gasteiger partial charge in [-0.25, -0.2) is 0 Å². The highest BCUT2D eigenvalue weighted by Gasteiger charge is 2.23. The van der Waals surface area contributed by atoms with Crippen molar-refractivity contribution in [2.75, 3.05) is 32.8 Å². The van der Waals surface area contributed by atoms with Crippen molar-refractivity contribution in [1.29, 1.82) is 0 Å². The Morgan fingerprint density at radius 1 is 1.18 bits per heavy atom. The van der Waals surface area contributed by atoms with E-state index in [1.54, 1.807) is 6.07 Å². The van der Waals surface area contributed by atoms with Crippen molar-refractivity contribution in [3.8, 4) is 0 Å². The standard InChI is InChI=1S/C17H20N2O3/c20-17(15-6-9-22-13-15)18-12-16(14-4-2-1-3-5-14)19-7-10-21-11-8-19/h1-6,9,13,16H,7-8,10-12H2,(H,18,20). The normalized spacial score (nSPS) is 17.1. The molecule has 0 bridgehead atoms. The zero-order valence-electron chi connectivity index (χ0n) is 12.4. The van der Waals surface area contributed by atoms with E-state index >= 15 is 0 Å². The van der Waals surface area contributed by atoms with Crippen LogP contribution in [0.4, 0.5) is 0 Å². The van der Waals surface area contributed by atoms with Crippen molar-refractivity contribution in [1.82, 2.24) is 10.2 Å². The first-order valence-electron chi connectivity index (χ1n) is 7.52. The smallest absolute Gasteiger partial charge is 0.254 e. The maximum absolute atomic E-state index is 12.1. The topological polar surface area (TPSA) is 54.7 Å². The van der Waals surface area contributed by atoms with Gasteiger partial charge >= 0.3 is 0 Å². The Bertz CT molecular complexity index is 577. The minimum atomic E-state index is -0.108. The van der Waals surface area contributed by atoms with E-state index in [2.05, 4.69) is 22.3 Å². The van der Waals surface area contributed by atoms with Crippen LogP contribution >= 0.6 is 0 Å². The molecule has 1 saturated heterocycles. The highest BCUT2D eigenvalue weighted by molar-refractivity contribution is 5.93. The minimum absolute atomic E-state index is 0.108. The van der Waals surface area contributed by atoms with Crippen LogP contribution in [0.25, 0.3) is 0 Å². The molecule has 0 aliphatic carbocycles. The van der Waals surface area contributed by atoms with E-state index in [-0.39, 0.29) is 11.9 Å². The maximum atomic E-state index is 12.1. The number of furan rings is 1. The molecule has 116 valence electrons. The Morgan fingerprint density at radius 2 is 1.95 bits per heavy atom. The zero-order chi connectivity index (χ0) is 15.2. The molecule has 2 aromatic rings. The Balaban J connectivity index is 1.69. The molecule has 1 fully saturated rings. The molecular formula is C17H20N2O3. The second kappa shape index (κ2) is 7.24. The molecule has 5 nitrogen and oxygen atoms in total. The van der Waals surface area contributed by atoms with Crippen LogP contribution in [0.1, 0.15) is 22.0 Å². The lowest BCUT2D eigenvalue weighted by molar-refractivity contribution is 0.0162. The number of ether oxygens (including phenoxy) is 1. The minimum Gasteiger partial charge on any atom is -0.472 e. The van der Waals surface area contributed by atoms with Crippen molar-refractivity contribution in [3.63, 3.8) is 0 Å². The summed E-state index contributed by atoms with van der Waals surface area (Å²) in [6.45, 7) is 3.79. The molecule has 1 atom stereocenters. The van der Waals surface area contributed by atoms with Gasteiger partial charge in [-0.3, -0.25) is 9.69 Å². The summed E-state index contributed by atoms with van der Waals surface area (Å²) in [6, 6.07) is 12.1. The van der Waals surface area contributed by atoms with E-state index in [0.29, 0.717) is 12.1 Å². The fourth-order valence-corrected chi connectivity index (χ4v) is 2.71. The summed E-state index contributed by atoms with van der Waals surface area (Å²) in [6.07, 6.45) is 2.97. The molecule has 22 heavy (non-hydrogen) atoms. The summed E-state index contributed by atoms with van der Waals surface area (Å²) in [5.41, 5.74) is 1.76. The van der Waals surface area contributed by atoms with Crippen LogP contribution in [0.15, 0.2) is 53.3 Å². The van der Waals surface area contributed by atoms with E-state index in [9.17, 15) is 4.79 Å². The van der Waals surface area contributed by atoms with Crippen molar-refractivity contribution >= 4 is 5.91 Å². The highest BCUT2D eigenvalue weighted by atomic mass is 16.5. The van der Waals surface area contributed by atoms with Gasteiger partial charge in [-0.05, 0) is 11.6 Å². The predicted octanol–water partition coefficient (Wildman–Crippen LogP) is 2.08. The lowest BCUT2D eigenvalue weighted by Crippen LogP contribution is -2.43. The number of carbonyl (C=O) groups is 1. The van der Waals surface area contributed by atoms with Crippen molar-refractivity contribution in [3.05, 3.63) is 60.1 Å². The Labute approximate surface area is 129 Å². The molecule has 1 aliphatic heterocycles. The molecule has 3 rings (SSSR count). The molecule has 5 heteroatoms. The van der Waals surface area contributed by atoms with Gasteiger partial charge in [0.1, 0.15) is 6.26 Å². The van der Waals surface area contributed by atoms with Crippen LogP contribution in [0.5, 0.6) is 0 Å². The fraction of sp³-hybridized carbons (Fsp3) is 0.353. The second-order valence-corrected chi connectivity index (χ2v) is 5.30. The van der Waals surface area contributed by atoms with Gasteiger partial charge in [0.25, 0.3) is 5.91 Å². The highest BCUT2D eigenvalue weighted by Crippen LogP contribution is 2.21. The molecule has 1 aromatic heterocycles. The van der Waals surface area contributed by atoms with Crippen LogP contribution in [0, 0.1) is 0 Å². The van der Waals surface area contributed by atoms with E-state index in [1.165, 1.54) is 18.1 Å². The van der Waals surface area contributed by atoms with Crippen LogP contribution in [0.2, 0.25) is 0 Å². The second-order valence-electron chi connectivity index (χ2n) is 5.30. The molecule has 1 unspecified atom stereocenters. The number of benzene rings is 1. The largest absolute Gasteiger partial charge is 0.472 e. The first-order valence-corrected chi connectivity index (χ1v) is 7.52. The summed E-state index contributed by atoms with van der Waals surface area (Å²) in [5.74, 6) is -0.108. The van der Waals surface area contributed by atoms with Gasteiger partial charge in [0, 0.05) is 19.6 Å². The van der Waals surface area contributed by atoms with Crippen LogP contribution in [0.3, 0.4) is 0 Å². The quantitative estimate of drug-likeness (QED) is 0.918. The number of hydrogen-bond donors (Lipinski definition) is 1. The SMILES string of the molecule is O=C(NCC(c1ccccc1)N1CCOCC1)c1ccoc1. The van der Waals surface area contributed by atoms with Crippen LogP contribution in [-0.4, -0.2) is 43.7 Å². The first kappa shape index (κ1) is 14.8. The molecule has 0 radical (unpaired) electrons. The fourth-order valence-electron chi connectivity index (χ4n) is 2.71. The Morgan fingerprint density at radius 3 is 2.64 bits per heavy atom. The lowest BCUT2D eigenvalue weighted by Gasteiger charge is -2.34. The number of morpholine rings is 1. The predicted molar refractivity (Wildman–Crippen MR) is 82.6 cm³/mol. The number of carbonyl (C=O) groups excluding carboxylic acids is 1. The van der Waals surface area contributed by atoms with Gasteiger partial charge < -0.3 is 14.5 Å². The number of rotatable bonds is 5. The third-order valence-electron chi connectivity index (χ3n) is 3.91. The summed E-state index contributed by atoms with van der Waals surface area (Å²) < 4.78 is 10.4. The number of nitrogens with one attached hydrogen (secondary N) is 1. The molecular weight excluding hydrogens is 280 g/mol. The van der Waals surface area contributed by atoms with Gasteiger partial charge in [-0.2, -0.15) is 0 Å². The maximum Gasteiger partial charge on any atom is 0.254 e. The van der Waals surface area contributed by atoms with Gasteiger partial charge in [0.2, 0.25) is 0 Å². The third kappa shape index (κ3) is 3.55. The molecule has 1 N–H and O–H groups in total. The summed E-state index contributed by atoms with van der Waals surface area (Å²) in [5, 5.41) is 3.00. The summed E-state index contributed by atoms with van der Waals surface area (Å²) in [4.78, 5) is 14.5. The lowest BCUT2D eigenvalue weighted by atomic mass is 10.0.